The van der Waals surface area contributed by atoms with Gasteiger partial charge in [-0.2, -0.15) is 0 Å². The molecule has 0 saturated carbocycles. The van der Waals surface area contributed by atoms with Crippen LogP contribution in [0.15, 0.2) is 29.4 Å². The predicted molar refractivity (Wildman–Crippen MR) is 56.9 cm³/mol. The molecular weight excluding hydrogens is 176 g/mol. The van der Waals surface area contributed by atoms with Gasteiger partial charge in [0.2, 0.25) is 0 Å². The summed E-state index contributed by atoms with van der Waals surface area (Å²) < 4.78 is 4.95. The molecule has 0 amide bonds. The van der Waals surface area contributed by atoms with Gasteiger partial charge in [-0.25, -0.2) is 0 Å². The van der Waals surface area contributed by atoms with Gasteiger partial charge in [0.05, 0.1) is 12.7 Å². The zero-order valence-electron chi connectivity index (χ0n) is 8.54. The summed E-state index contributed by atoms with van der Waals surface area (Å²) in [6.45, 7) is 5.51. The van der Waals surface area contributed by atoms with E-state index in [1.165, 1.54) is 19.3 Å². The van der Waals surface area contributed by atoms with Crippen LogP contribution in [0.25, 0.3) is 0 Å². The minimum atomic E-state index is 0.779. The number of nitrogens with one attached hydrogen (secondary N) is 1. The first kappa shape index (κ1) is 11.0. The Balaban J connectivity index is 1.87. The average molecular weight is 194 g/mol. The molecule has 0 aliphatic carbocycles. The molecule has 0 spiro atoms. The van der Waals surface area contributed by atoms with Gasteiger partial charge in [-0.15, -0.1) is 6.58 Å². The van der Waals surface area contributed by atoms with Crippen LogP contribution in [-0.2, 0) is 6.54 Å². The van der Waals surface area contributed by atoms with Gasteiger partial charge in [-0.05, 0) is 25.8 Å². The van der Waals surface area contributed by atoms with E-state index in [0.29, 0.717) is 0 Å². The van der Waals surface area contributed by atoms with Crippen molar-refractivity contribution in [1.29, 1.82) is 0 Å². The van der Waals surface area contributed by atoms with E-state index >= 15 is 0 Å². The predicted octanol–water partition coefficient (Wildman–Crippen LogP) is 2.51. The fourth-order valence-corrected chi connectivity index (χ4v) is 1.26. The lowest BCUT2D eigenvalue weighted by Gasteiger charge is -2.01. The second-order valence-corrected chi connectivity index (χ2v) is 3.29. The Labute approximate surface area is 85.2 Å². The van der Waals surface area contributed by atoms with Crippen molar-refractivity contribution in [3.63, 3.8) is 0 Å². The summed E-state index contributed by atoms with van der Waals surface area (Å²) in [6.07, 6.45) is 8.48. The summed E-state index contributed by atoms with van der Waals surface area (Å²) in [5.74, 6) is 0.899. The maximum Gasteiger partial charge on any atom is 0.150 e. The standard InChI is InChI=1S/C11H18N2O/c1-2-3-4-5-6-8-12-10-11-7-9-13-14-11/h2,7,9,12H,1,3-6,8,10H2. The number of unbranched alkanes of at least 4 members (excludes halogenated alkanes) is 3. The summed E-state index contributed by atoms with van der Waals surface area (Å²) >= 11 is 0. The first-order chi connectivity index (χ1) is 6.93. The van der Waals surface area contributed by atoms with Crippen LogP contribution in [0.1, 0.15) is 31.4 Å². The summed E-state index contributed by atoms with van der Waals surface area (Å²) in [5, 5.41) is 6.94. The highest BCUT2D eigenvalue weighted by atomic mass is 16.5. The molecule has 0 aliphatic heterocycles. The van der Waals surface area contributed by atoms with Gasteiger partial charge in [0, 0.05) is 6.07 Å². The van der Waals surface area contributed by atoms with Gasteiger partial charge in [0.1, 0.15) is 5.76 Å². The van der Waals surface area contributed by atoms with Crippen molar-refractivity contribution < 1.29 is 4.52 Å². The molecular formula is C11H18N2O. The van der Waals surface area contributed by atoms with Crippen LogP contribution in [0.2, 0.25) is 0 Å². The topological polar surface area (TPSA) is 38.1 Å². The third-order valence-corrected chi connectivity index (χ3v) is 2.05. The molecule has 0 radical (unpaired) electrons. The summed E-state index contributed by atoms with van der Waals surface area (Å²) in [7, 11) is 0. The molecule has 3 heteroatoms. The van der Waals surface area contributed by atoms with Crippen molar-refractivity contribution in [3.8, 4) is 0 Å². The Bertz CT molecular complexity index is 231. The highest BCUT2D eigenvalue weighted by Crippen LogP contribution is 1.99. The molecule has 0 atom stereocenters. The van der Waals surface area contributed by atoms with Crippen LogP contribution >= 0.6 is 0 Å². The maximum atomic E-state index is 4.95. The Morgan fingerprint density at radius 3 is 3.07 bits per heavy atom. The lowest BCUT2D eigenvalue weighted by Crippen LogP contribution is -2.14. The van der Waals surface area contributed by atoms with Gasteiger partial charge in [-0.1, -0.05) is 17.7 Å². The van der Waals surface area contributed by atoms with Gasteiger partial charge >= 0.3 is 0 Å². The molecule has 1 aromatic rings. The summed E-state index contributed by atoms with van der Waals surface area (Å²) in [6, 6.07) is 1.88. The Morgan fingerprint density at radius 2 is 2.36 bits per heavy atom. The van der Waals surface area contributed by atoms with Crippen LogP contribution < -0.4 is 5.32 Å². The maximum absolute atomic E-state index is 4.95. The van der Waals surface area contributed by atoms with E-state index in [1.54, 1.807) is 6.20 Å². The molecule has 0 bridgehead atoms. The zero-order chi connectivity index (χ0) is 10.1. The number of aromatic nitrogens is 1. The lowest BCUT2D eigenvalue weighted by atomic mass is 10.2. The van der Waals surface area contributed by atoms with Crippen molar-refractivity contribution in [1.82, 2.24) is 10.5 Å². The molecule has 0 saturated heterocycles. The minimum Gasteiger partial charge on any atom is -0.360 e. The largest absolute Gasteiger partial charge is 0.360 e. The van der Waals surface area contributed by atoms with Gasteiger partial charge in [-0.3, -0.25) is 0 Å². The second-order valence-electron chi connectivity index (χ2n) is 3.29. The van der Waals surface area contributed by atoms with Gasteiger partial charge in [0.25, 0.3) is 0 Å². The number of nitrogens with zero attached hydrogens (tertiary/aromatic N) is 1. The van der Waals surface area contributed by atoms with E-state index in [2.05, 4.69) is 17.1 Å². The Hall–Kier alpha value is -1.09. The van der Waals surface area contributed by atoms with Crippen molar-refractivity contribution >= 4 is 0 Å². The van der Waals surface area contributed by atoms with Crippen LogP contribution in [-0.4, -0.2) is 11.7 Å². The van der Waals surface area contributed by atoms with E-state index in [4.69, 9.17) is 4.52 Å². The molecule has 0 unspecified atom stereocenters. The van der Waals surface area contributed by atoms with Crippen molar-refractivity contribution in [2.75, 3.05) is 6.54 Å². The number of allylic oxidation sites excluding steroid dienone is 1. The molecule has 78 valence electrons. The number of rotatable bonds is 8. The average Bonchev–Trinajstić information content (AvgIpc) is 2.69. The summed E-state index contributed by atoms with van der Waals surface area (Å²) in [5.41, 5.74) is 0. The Morgan fingerprint density at radius 1 is 1.43 bits per heavy atom. The third kappa shape index (κ3) is 4.82. The molecule has 0 fully saturated rings. The van der Waals surface area contributed by atoms with Crippen LogP contribution in [0.3, 0.4) is 0 Å². The highest BCUT2D eigenvalue weighted by Gasteiger charge is 1.94. The number of hydrogen-bond acceptors (Lipinski definition) is 3. The van der Waals surface area contributed by atoms with E-state index in [1.807, 2.05) is 12.1 Å². The fourth-order valence-electron chi connectivity index (χ4n) is 1.26. The van der Waals surface area contributed by atoms with E-state index in [9.17, 15) is 0 Å². The molecule has 1 rings (SSSR count). The third-order valence-electron chi connectivity index (χ3n) is 2.05. The second kappa shape index (κ2) is 7.33. The fraction of sp³-hybridized carbons (Fsp3) is 0.545. The van der Waals surface area contributed by atoms with E-state index < -0.39 is 0 Å². The molecule has 1 heterocycles. The van der Waals surface area contributed by atoms with E-state index in [0.717, 1.165) is 25.3 Å². The van der Waals surface area contributed by atoms with Crippen LogP contribution in [0.4, 0.5) is 0 Å². The smallest absolute Gasteiger partial charge is 0.150 e. The monoisotopic (exact) mass is 194 g/mol. The molecule has 0 aliphatic rings. The zero-order valence-corrected chi connectivity index (χ0v) is 8.54. The molecule has 1 aromatic heterocycles. The van der Waals surface area contributed by atoms with Crippen molar-refractivity contribution in [2.24, 2.45) is 0 Å². The lowest BCUT2D eigenvalue weighted by molar-refractivity contribution is 0.372. The SMILES string of the molecule is C=CCCCCCNCc1ccno1. The normalized spacial score (nSPS) is 10.3. The van der Waals surface area contributed by atoms with E-state index in [-0.39, 0.29) is 0 Å². The molecule has 14 heavy (non-hydrogen) atoms. The van der Waals surface area contributed by atoms with Gasteiger partial charge in [0.15, 0.2) is 0 Å². The Kier molecular flexibility index (Phi) is 5.75. The molecule has 0 aromatic carbocycles. The van der Waals surface area contributed by atoms with Crippen LogP contribution in [0.5, 0.6) is 0 Å². The van der Waals surface area contributed by atoms with Gasteiger partial charge < -0.3 is 9.84 Å². The first-order valence-corrected chi connectivity index (χ1v) is 5.14. The van der Waals surface area contributed by atoms with Crippen LogP contribution in [0, 0.1) is 0 Å². The minimum absolute atomic E-state index is 0.779. The molecule has 3 nitrogen and oxygen atoms in total. The summed E-state index contributed by atoms with van der Waals surface area (Å²) in [4.78, 5) is 0. The van der Waals surface area contributed by atoms with Crippen molar-refractivity contribution in [2.45, 2.75) is 32.2 Å². The molecule has 1 N–H and O–H groups in total. The highest BCUT2D eigenvalue weighted by molar-refractivity contribution is 4.91. The first-order valence-electron chi connectivity index (χ1n) is 5.14. The number of hydrogen-bond donors (Lipinski definition) is 1. The van der Waals surface area contributed by atoms with Crippen molar-refractivity contribution in [3.05, 3.63) is 30.7 Å². The quantitative estimate of drug-likeness (QED) is 0.510.